The van der Waals surface area contributed by atoms with Crippen LogP contribution in [-0.2, 0) is 20.9 Å². The SMILES string of the molecule is O=C(COC(=O)c1cccc(OCc2ccc(F)cc2)c1)NCC1CCCO1. The molecule has 3 rings (SSSR count). The number of carbonyl (C=O) groups excluding carboxylic acids is 2. The highest BCUT2D eigenvalue weighted by Crippen LogP contribution is 2.16. The van der Waals surface area contributed by atoms with Crippen molar-refractivity contribution in [3.8, 4) is 5.75 Å². The Morgan fingerprint density at radius 1 is 1.18 bits per heavy atom. The van der Waals surface area contributed by atoms with Gasteiger partial charge in [-0.15, -0.1) is 0 Å². The third-order valence-electron chi connectivity index (χ3n) is 4.27. The van der Waals surface area contributed by atoms with Crippen molar-refractivity contribution in [2.24, 2.45) is 0 Å². The Morgan fingerprint density at radius 2 is 2.00 bits per heavy atom. The molecule has 1 N–H and O–H groups in total. The third-order valence-corrected chi connectivity index (χ3v) is 4.27. The molecule has 1 aliphatic rings. The Morgan fingerprint density at radius 3 is 2.75 bits per heavy atom. The van der Waals surface area contributed by atoms with Crippen molar-refractivity contribution in [1.82, 2.24) is 5.32 Å². The summed E-state index contributed by atoms with van der Waals surface area (Å²) in [5.74, 6) is -0.818. The third kappa shape index (κ3) is 6.06. The lowest BCUT2D eigenvalue weighted by atomic mass is 10.2. The number of hydrogen-bond donors (Lipinski definition) is 1. The maximum absolute atomic E-state index is 12.9. The summed E-state index contributed by atoms with van der Waals surface area (Å²) in [5.41, 5.74) is 1.08. The average Bonchev–Trinajstić information content (AvgIpc) is 3.24. The molecule has 2 aromatic rings. The summed E-state index contributed by atoms with van der Waals surface area (Å²) in [6.07, 6.45) is 1.95. The summed E-state index contributed by atoms with van der Waals surface area (Å²) >= 11 is 0. The van der Waals surface area contributed by atoms with E-state index in [0.717, 1.165) is 25.0 Å². The van der Waals surface area contributed by atoms with E-state index in [2.05, 4.69) is 5.32 Å². The Hall–Kier alpha value is -2.93. The smallest absolute Gasteiger partial charge is 0.338 e. The molecule has 6 nitrogen and oxygen atoms in total. The van der Waals surface area contributed by atoms with Gasteiger partial charge in [-0.3, -0.25) is 4.79 Å². The fourth-order valence-corrected chi connectivity index (χ4v) is 2.76. The molecule has 0 spiro atoms. The number of rotatable bonds is 8. The number of nitrogens with one attached hydrogen (secondary N) is 1. The molecule has 0 radical (unpaired) electrons. The summed E-state index contributed by atoms with van der Waals surface area (Å²) in [6.45, 7) is 1.02. The molecule has 1 unspecified atom stereocenters. The maximum Gasteiger partial charge on any atom is 0.338 e. The van der Waals surface area contributed by atoms with Crippen LogP contribution in [0.5, 0.6) is 5.75 Å². The molecule has 1 fully saturated rings. The minimum atomic E-state index is -0.612. The molecule has 1 saturated heterocycles. The molecule has 1 aliphatic heterocycles. The Bertz CT molecular complexity index is 803. The van der Waals surface area contributed by atoms with Gasteiger partial charge in [0.15, 0.2) is 6.61 Å². The van der Waals surface area contributed by atoms with Crippen molar-refractivity contribution in [2.75, 3.05) is 19.8 Å². The zero-order valence-corrected chi connectivity index (χ0v) is 15.4. The number of ether oxygens (including phenoxy) is 3. The zero-order valence-electron chi connectivity index (χ0n) is 15.4. The summed E-state index contributed by atoms with van der Waals surface area (Å²) in [5, 5.41) is 2.69. The molecular weight excluding hydrogens is 365 g/mol. The molecule has 0 aromatic heterocycles. The highest BCUT2D eigenvalue weighted by Gasteiger charge is 2.17. The fraction of sp³-hybridized carbons (Fsp3) is 0.333. The quantitative estimate of drug-likeness (QED) is 0.705. The lowest BCUT2D eigenvalue weighted by Crippen LogP contribution is -2.34. The van der Waals surface area contributed by atoms with Gasteiger partial charge in [-0.1, -0.05) is 18.2 Å². The zero-order chi connectivity index (χ0) is 19.8. The lowest BCUT2D eigenvalue weighted by molar-refractivity contribution is -0.124. The number of amides is 1. The van der Waals surface area contributed by atoms with Gasteiger partial charge in [0.2, 0.25) is 0 Å². The monoisotopic (exact) mass is 387 g/mol. The number of benzene rings is 2. The number of esters is 1. The Balaban J connectivity index is 1.44. The maximum atomic E-state index is 12.9. The van der Waals surface area contributed by atoms with Crippen LogP contribution in [0.2, 0.25) is 0 Å². The standard InChI is InChI=1S/C21H22FNO5/c22-17-8-6-15(7-9-17)13-27-18-4-1-3-16(11-18)21(25)28-14-20(24)23-12-19-5-2-10-26-19/h1,3-4,6-9,11,19H,2,5,10,12-14H2,(H,23,24). The van der Waals surface area contributed by atoms with Gasteiger partial charge in [0.25, 0.3) is 5.91 Å². The van der Waals surface area contributed by atoms with E-state index in [9.17, 15) is 14.0 Å². The molecule has 1 heterocycles. The topological polar surface area (TPSA) is 73.9 Å². The first-order valence-electron chi connectivity index (χ1n) is 9.13. The van der Waals surface area contributed by atoms with Gasteiger partial charge >= 0.3 is 5.97 Å². The predicted molar refractivity (Wildman–Crippen MR) is 99.4 cm³/mol. The fourth-order valence-electron chi connectivity index (χ4n) is 2.76. The van der Waals surface area contributed by atoms with Crippen LogP contribution in [0.1, 0.15) is 28.8 Å². The van der Waals surface area contributed by atoms with E-state index in [0.29, 0.717) is 12.3 Å². The van der Waals surface area contributed by atoms with E-state index in [1.807, 2.05) is 0 Å². The molecule has 0 aliphatic carbocycles. The Labute approximate surface area is 162 Å². The lowest BCUT2D eigenvalue weighted by Gasteiger charge is -2.11. The van der Waals surface area contributed by atoms with E-state index in [1.54, 1.807) is 30.3 Å². The van der Waals surface area contributed by atoms with E-state index >= 15 is 0 Å². The molecule has 1 atom stereocenters. The number of halogens is 1. The van der Waals surface area contributed by atoms with Gasteiger partial charge in [0.05, 0.1) is 11.7 Å². The summed E-state index contributed by atoms with van der Waals surface area (Å²) in [6, 6.07) is 12.5. The second-order valence-electron chi connectivity index (χ2n) is 6.46. The minimum Gasteiger partial charge on any atom is -0.489 e. The molecule has 28 heavy (non-hydrogen) atoms. The predicted octanol–water partition coefficient (Wildman–Crippen LogP) is 2.86. The molecule has 2 aromatic carbocycles. The first-order chi connectivity index (χ1) is 13.6. The first kappa shape index (κ1) is 19.8. The molecule has 148 valence electrons. The summed E-state index contributed by atoms with van der Waals surface area (Å²) < 4.78 is 29.0. The minimum absolute atomic E-state index is 0.0367. The summed E-state index contributed by atoms with van der Waals surface area (Å²) in [4.78, 5) is 23.9. The highest BCUT2D eigenvalue weighted by atomic mass is 19.1. The van der Waals surface area contributed by atoms with E-state index in [1.165, 1.54) is 18.2 Å². The van der Waals surface area contributed by atoms with Crippen LogP contribution in [-0.4, -0.2) is 37.7 Å². The second kappa shape index (κ2) is 9.85. The molecule has 7 heteroatoms. The largest absolute Gasteiger partial charge is 0.489 e. The molecule has 0 saturated carbocycles. The van der Waals surface area contributed by atoms with Crippen LogP contribution in [0.25, 0.3) is 0 Å². The van der Waals surface area contributed by atoms with Crippen LogP contribution in [0, 0.1) is 5.82 Å². The van der Waals surface area contributed by atoms with Crippen molar-refractivity contribution in [2.45, 2.75) is 25.6 Å². The van der Waals surface area contributed by atoms with Crippen LogP contribution < -0.4 is 10.1 Å². The van der Waals surface area contributed by atoms with E-state index in [4.69, 9.17) is 14.2 Å². The van der Waals surface area contributed by atoms with Crippen LogP contribution in [0.4, 0.5) is 4.39 Å². The van der Waals surface area contributed by atoms with Crippen LogP contribution in [0.15, 0.2) is 48.5 Å². The van der Waals surface area contributed by atoms with Gasteiger partial charge in [-0.25, -0.2) is 9.18 Å². The van der Waals surface area contributed by atoms with Crippen molar-refractivity contribution in [3.05, 3.63) is 65.5 Å². The van der Waals surface area contributed by atoms with E-state index < -0.39 is 5.97 Å². The molecular formula is C21H22FNO5. The van der Waals surface area contributed by atoms with Crippen molar-refractivity contribution < 1.29 is 28.2 Å². The van der Waals surface area contributed by atoms with E-state index in [-0.39, 0.29) is 36.6 Å². The van der Waals surface area contributed by atoms with Crippen LogP contribution >= 0.6 is 0 Å². The number of hydrogen-bond acceptors (Lipinski definition) is 5. The number of carbonyl (C=O) groups is 2. The van der Waals surface area contributed by atoms with Gasteiger partial charge in [0, 0.05) is 13.2 Å². The first-order valence-corrected chi connectivity index (χ1v) is 9.13. The Kier molecular flexibility index (Phi) is 6.97. The highest BCUT2D eigenvalue weighted by molar-refractivity contribution is 5.91. The van der Waals surface area contributed by atoms with Gasteiger partial charge in [-0.2, -0.15) is 0 Å². The van der Waals surface area contributed by atoms with Gasteiger partial charge < -0.3 is 19.5 Å². The van der Waals surface area contributed by atoms with Crippen molar-refractivity contribution >= 4 is 11.9 Å². The van der Waals surface area contributed by atoms with Crippen molar-refractivity contribution in [3.63, 3.8) is 0 Å². The molecule has 0 bridgehead atoms. The molecule has 1 amide bonds. The van der Waals surface area contributed by atoms with Crippen LogP contribution in [0.3, 0.4) is 0 Å². The van der Waals surface area contributed by atoms with Gasteiger partial charge in [-0.05, 0) is 48.7 Å². The average molecular weight is 387 g/mol. The summed E-state index contributed by atoms with van der Waals surface area (Å²) in [7, 11) is 0. The van der Waals surface area contributed by atoms with Crippen molar-refractivity contribution in [1.29, 1.82) is 0 Å². The van der Waals surface area contributed by atoms with Gasteiger partial charge in [0.1, 0.15) is 18.2 Å². The second-order valence-corrected chi connectivity index (χ2v) is 6.46. The normalized spacial score (nSPS) is 15.8.